The number of fused-ring (bicyclic) bond motifs is 2. The van der Waals surface area contributed by atoms with Crippen LogP contribution in [0.3, 0.4) is 0 Å². The van der Waals surface area contributed by atoms with Gasteiger partial charge in [-0.3, -0.25) is 14.6 Å². The topological polar surface area (TPSA) is 62.3 Å². The molecule has 1 aliphatic heterocycles. The molecule has 0 spiro atoms. The molecule has 2 amide bonds. The van der Waals surface area contributed by atoms with Gasteiger partial charge in [0.05, 0.1) is 11.3 Å². The molecule has 1 saturated carbocycles. The van der Waals surface area contributed by atoms with E-state index in [4.69, 9.17) is 0 Å². The summed E-state index contributed by atoms with van der Waals surface area (Å²) in [6.07, 6.45) is 7.02. The lowest BCUT2D eigenvalue weighted by Gasteiger charge is -2.15. The molecule has 0 radical (unpaired) electrons. The SMILES string of the molecule is Cc1cc2c(c(NC(=O)c3ccnc4c3CCC4)c1)C(=O)N(CC1CC1)C2. The van der Waals surface area contributed by atoms with Gasteiger partial charge in [-0.1, -0.05) is 6.07 Å². The molecule has 138 valence electrons. The quantitative estimate of drug-likeness (QED) is 0.907. The minimum atomic E-state index is -0.142. The van der Waals surface area contributed by atoms with Crippen molar-refractivity contribution in [3.8, 4) is 0 Å². The van der Waals surface area contributed by atoms with Gasteiger partial charge in [0, 0.05) is 30.5 Å². The molecule has 0 saturated heterocycles. The Morgan fingerprint density at radius 1 is 1.30 bits per heavy atom. The number of hydrogen-bond acceptors (Lipinski definition) is 3. The normalized spacial score (nSPS) is 17.8. The van der Waals surface area contributed by atoms with Crippen molar-refractivity contribution >= 4 is 17.5 Å². The summed E-state index contributed by atoms with van der Waals surface area (Å²) in [6.45, 7) is 3.49. The Labute approximate surface area is 158 Å². The molecule has 0 atom stereocenters. The van der Waals surface area contributed by atoms with E-state index in [1.807, 2.05) is 17.9 Å². The molecule has 1 aromatic carbocycles. The van der Waals surface area contributed by atoms with E-state index in [0.717, 1.165) is 48.2 Å². The maximum atomic E-state index is 13.0. The Bertz CT molecular complexity index is 962. The van der Waals surface area contributed by atoms with Crippen molar-refractivity contribution in [1.82, 2.24) is 9.88 Å². The number of amides is 2. The zero-order chi connectivity index (χ0) is 18.5. The first-order chi connectivity index (χ1) is 13.1. The van der Waals surface area contributed by atoms with Crippen LogP contribution < -0.4 is 5.32 Å². The van der Waals surface area contributed by atoms with Crippen LogP contribution in [-0.2, 0) is 19.4 Å². The summed E-state index contributed by atoms with van der Waals surface area (Å²) >= 11 is 0. The lowest BCUT2D eigenvalue weighted by atomic mass is 10.0. The van der Waals surface area contributed by atoms with Gasteiger partial charge in [0.25, 0.3) is 11.8 Å². The van der Waals surface area contributed by atoms with E-state index < -0.39 is 0 Å². The number of carbonyl (C=O) groups is 2. The smallest absolute Gasteiger partial charge is 0.256 e. The first-order valence-electron chi connectivity index (χ1n) is 9.81. The number of benzene rings is 1. The molecular weight excluding hydrogens is 338 g/mol. The van der Waals surface area contributed by atoms with Crippen LogP contribution in [0.1, 0.15) is 62.4 Å². The van der Waals surface area contributed by atoms with Gasteiger partial charge in [0.2, 0.25) is 0 Å². The second-order valence-corrected chi connectivity index (χ2v) is 8.07. The van der Waals surface area contributed by atoms with Gasteiger partial charge >= 0.3 is 0 Å². The van der Waals surface area contributed by atoms with Gasteiger partial charge < -0.3 is 10.2 Å². The molecule has 1 N–H and O–H groups in total. The summed E-state index contributed by atoms with van der Waals surface area (Å²) in [5.74, 6) is 0.561. The highest BCUT2D eigenvalue weighted by atomic mass is 16.2. The molecule has 5 rings (SSSR count). The molecule has 1 aromatic heterocycles. The zero-order valence-electron chi connectivity index (χ0n) is 15.5. The molecule has 2 heterocycles. The average molecular weight is 361 g/mol. The van der Waals surface area contributed by atoms with Crippen LogP contribution >= 0.6 is 0 Å². The number of hydrogen-bond donors (Lipinski definition) is 1. The van der Waals surface area contributed by atoms with Crippen LogP contribution in [0.25, 0.3) is 0 Å². The average Bonchev–Trinajstić information content (AvgIpc) is 3.22. The molecule has 0 bridgehead atoms. The van der Waals surface area contributed by atoms with Gasteiger partial charge in [-0.05, 0) is 73.8 Å². The Kier molecular flexibility index (Phi) is 3.78. The molecule has 2 aliphatic carbocycles. The molecule has 5 nitrogen and oxygen atoms in total. The second kappa shape index (κ2) is 6.19. The van der Waals surface area contributed by atoms with Crippen molar-refractivity contribution in [2.24, 2.45) is 5.92 Å². The molecule has 3 aliphatic rings. The van der Waals surface area contributed by atoms with Crippen LogP contribution in [0, 0.1) is 12.8 Å². The second-order valence-electron chi connectivity index (χ2n) is 8.07. The molecule has 27 heavy (non-hydrogen) atoms. The van der Waals surface area contributed by atoms with Crippen molar-refractivity contribution in [2.45, 2.75) is 45.6 Å². The fourth-order valence-corrected chi connectivity index (χ4v) is 4.40. The van der Waals surface area contributed by atoms with E-state index in [1.54, 1.807) is 12.3 Å². The molecule has 5 heteroatoms. The number of rotatable bonds is 4. The molecule has 2 aromatic rings. The van der Waals surface area contributed by atoms with E-state index in [0.29, 0.717) is 29.3 Å². The van der Waals surface area contributed by atoms with Gasteiger partial charge in [-0.15, -0.1) is 0 Å². The highest BCUT2D eigenvalue weighted by Gasteiger charge is 2.35. The summed E-state index contributed by atoms with van der Waals surface area (Å²) in [5.41, 5.74) is 6.17. The number of nitrogens with one attached hydrogen (secondary N) is 1. The van der Waals surface area contributed by atoms with Crippen molar-refractivity contribution in [1.29, 1.82) is 0 Å². The molecule has 0 unspecified atom stereocenters. The Morgan fingerprint density at radius 2 is 2.15 bits per heavy atom. The van der Waals surface area contributed by atoms with E-state index in [9.17, 15) is 9.59 Å². The predicted octanol–water partition coefficient (Wildman–Crippen LogP) is 3.50. The standard InChI is InChI=1S/C22H23N3O2/c1-13-9-15-12-25(11-14-5-6-14)22(27)20(15)19(10-13)24-21(26)17-7-8-23-18-4-2-3-16(17)18/h7-10,14H,2-6,11-12H2,1H3,(H,24,26). The summed E-state index contributed by atoms with van der Waals surface area (Å²) in [6, 6.07) is 5.77. The number of pyridine rings is 1. The summed E-state index contributed by atoms with van der Waals surface area (Å²) in [5, 5.41) is 3.03. The fraction of sp³-hybridized carbons (Fsp3) is 0.409. The van der Waals surface area contributed by atoms with Gasteiger partial charge in [0.1, 0.15) is 0 Å². The largest absolute Gasteiger partial charge is 0.334 e. The third-order valence-corrected chi connectivity index (χ3v) is 5.88. The first kappa shape index (κ1) is 16.5. The predicted molar refractivity (Wildman–Crippen MR) is 103 cm³/mol. The minimum absolute atomic E-state index is 0.0483. The van der Waals surface area contributed by atoms with Crippen molar-refractivity contribution in [3.05, 3.63) is 57.9 Å². The van der Waals surface area contributed by atoms with Crippen LogP contribution in [0.5, 0.6) is 0 Å². The lowest BCUT2D eigenvalue weighted by molar-refractivity contribution is 0.0772. The maximum Gasteiger partial charge on any atom is 0.256 e. The Balaban J connectivity index is 1.46. The number of carbonyl (C=O) groups excluding carboxylic acids is 2. The minimum Gasteiger partial charge on any atom is -0.334 e. The van der Waals surface area contributed by atoms with E-state index in [1.165, 1.54) is 12.8 Å². The van der Waals surface area contributed by atoms with E-state index in [-0.39, 0.29) is 11.8 Å². The highest BCUT2D eigenvalue weighted by Crippen LogP contribution is 2.36. The Morgan fingerprint density at radius 3 is 2.96 bits per heavy atom. The monoisotopic (exact) mass is 361 g/mol. The molecular formula is C22H23N3O2. The van der Waals surface area contributed by atoms with Crippen molar-refractivity contribution in [2.75, 3.05) is 11.9 Å². The van der Waals surface area contributed by atoms with Gasteiger partial charge in [-0.2, -0.15) is 0 Å². The third kappa shape index (κ3) is 2.91. The molecule has 1 fully saturated rings. The summed E-state index contributed by atoms with van der Waals surface area (Å²) in [7, 11) is 0. The number of aryl methyl sites for hydroxylation is 2. The van der Waals surface area contributed by atoms with Crippen LogP contribution in [0.4, 0.5) is 5.69 Å². The zero-order valence-corrected chi connectivity index (χ0v) is 15.5. The fourth-order valence-electron chi connectivity index (χ4n) is 4.40. The number of anilines is 1. The number of aromatic nitrogens is 1. The van der Waals surface area contributed by atoms with Gasteiger partial charge in [0.15, 0.2) is 0 Å². The van der Waals surface area contributed by atoms with Crippen molar-refractivity contribution in [3.63, 3.8) is 0 Å². The van der Waals surface area contributed by atoms with Crippen LogP contribution in [0.15, 0.2) is 24.4 Å². The number of nitrogens with zero attached hydrogens (tertiary/aromatic N) is 2. The first-order valence-corrected chi connectivity index (χ1v) is 9.81. The van der Waals surface area contributed by atoms with Crippen molar-refractivity contribution < 1.29 is 9.59 Å². The highest BCUT2D eigenvalue weighted by molar-refractivity contribution is 6.11. The van der Waals surface area contributed by atoms with E-state index >= 15 is 0 Å². The third-order valence-electron chi connectivity index (χ3n) is 5.88. The van der Waals surface area contributed by atoms with E-state index in [2.05, 4.69) is 16.4 Å². The maximum absolute atomic E-state index is 13.0. The summed E-state index contributed by atoms with van der Waals surface area (Å²) < 4.78 is 0. The van der Waals surface area contributed by atoms with Gasteiger partial charge in [-0.25, -0.2) is 0 Å². The summed E-state index contributed by atoms with van der Waals surface area (Å²) in [4.78, 5) is 32.3. The van der Waals surface area contributed by atoms with Crippen LogP contribution in [0.2, 0.25) is 0 Å². The lowest BCUT2D eigenvalue weighted by Crippen LogP contribution is -2.26. The Hall–Kier alpha value is -2.69. The van der Waals surface area contributed by atoms with Crippen LogP contribution in [-0.4, -0.2) is 28.2 Å².